The lowest BCUT2D eigenvalue weighted by molar-refractivity contribution is 0.0940. The van der Waals surface area contributed by atoms with Gasteiger partial charge in [-0.1, -0.05) is 6.92 Å². The maximum atomic E-state index is 15.2. The first-order valence-corrected chi connectivity index (χ1v) is 12.7. The van der Waals surface area contributed by atoms with Crippen LogP contribution in [0.5, 0.6) is 5.75 Å². The fraction of sp³-hybridized carbons (Fsp3) is 0.214. The molecule has 206 valence electrons. The van der Waals surface area contributed by atoms with Gasteiger partial charge in [-0.25, -0.2) is 14.4 Å². The summed E-state index contributed by atoms with van der Waals surface area (Å²) in [6, 6.07) is 9.74. The third-order valence-corrected chi connectivity index (χ3v) is 6.42. The van der Waals surface area contributed by atoms with E-state index >= 15 is 4.39 Å². The van der Waals surface area contributed by atoms with E-state index in [2.05, 4.69) is 30.8 Å². The van der Waals surface area contributed by atoms with E-state index in [-0.39, 0.29) is 29.9 Å². The molecule has 0 aliphatic carbocycles. The van der Waals surface area contributed by atoms with Crippen LogP contribution in [0.25, 0.3) is 16.9 Å². The van der Waals surface area contributed by atoms with Gasteiger partial charge in [-0.3, -0.25) is 14.3 Å². The second kappa shape index (κ2) is 11.5. The molecule has 40 heavy (non-hydrogen) atoms. The van der Waals surface area contributed by atoms with Crippen LogP contribution in [-0.4, -0.2) is 43.1 Å². The Labute approximate surface area is 228 Å². The molecule has 12 heteroatoms. The lowest BCUT2D eigenvalue weighted by Gasteiger charge is -2.15. The van der Waals surface area contributed by atoms with Crippen LogP contribution in [0.15, 0.2) is 61.2 Å². The molecule has 0 fully saturated rings. The molecule has 10 nitrogen and oxygen atoms in total. The lowest BCUT2D eigenvalue weighted by atomic mass is 10.0. The Morgan fingerprint density at radius 1 is 1.15 bits per heavy atom. The van der Waals surface area contributed by atoms with Gasteiger partial charge in [0.25, 0.3) is 5.91 Å². The number of aromatic amines is 1. The van der Waals surface area contributed by atoms with E-state index in [4.69, 9.17) is 10.5 Å². The Kier molecular flexibility index (Phi) is 7.69. The van der Waals surface area contributed by atoms with E-state index in [1.807, 2.05) is 19.9 Å². The summed E-state index contributed by atoms with van der Waals surface area (Å²) in [6.07, 6.45) is 6.78. The number of halogens is 2. The van der Waals surface area contributed by atoms with Crippen molar-refractivity contribution in [3.8, 4) is 17.0 Å². The fourth-order valence-corrected chi connectivity index (χ4v) is 4.25. The first kappa shape index (κ1) is 26.8. The molecule has 5 N–H and O–H groups in total. The monoisotopic (exact) mass is 546 g/mol. The number of aromatic nitrogens is 5. The largest absolute Gasteiger partial charge is 0.484 e. The number of nitrogens with one attached hydrogen (secondary N) is 3. The number of rotatable bonds is 10. The van der Waals surface area contributed by atoms with E-state index in [0.29, 0.717) is 47.1 Å². The molecular weight excluding hydrogens is 518 g/mol. The number of H-pyrrole nitrogens is 1. The third-order valence-electron chi connectivity index (χ3n) is 6.42. The van der Waals surface area contributed by atoms with Crippen molar-refractivity contribution in [1.29, 1.82) is 0 Å². The molecule has 0 saturated heterocycles. The summed E-state index contributed by atoms with van der Waals surface area (Å²) in [5.41, 5.74) is 9.13. The van der Waals surface area contributed by atoms with Gasteiger partial charge in [0.1, 0.15) is 6.61 Å². The normalized spacial score (nSPS) is 11.9. The molecule has 1 unspecified atom stereocenters. The second-order valence-corrected chi connectivity index (χ2v) is 9.18. The Morgan fingerprint density at radius 2 is 2.00 bits per heavy atom. The third kappa shape index (κ3) is 5.34. The van der Waals surface area contributed by atoms with Crippen LogP contribution in [-0.2, 0) is 13.0 Å². The quantitative estimate of drug-likeness (QED) is 0.204. The van der Waals surface area contributed by atoms with Gasteiger partial charge < -0.3 is 21.1 Å². The minimum absolute atomic E-state index is 0.0181. The minimum Gasteiger partial charge on any atom is -0.484 e. The highest BCUT2D eigenvalue weighted by molar-refractivity contribution is 5.96. The van der Waals surface area contributed by atoms with Gasteiger partial charge >= 0.3 is 0 Å². The van der Waals surface area contributed by atoms with Crippen LogP contribution in [0.3, 0.4) is 0 Å². The molecule has 0 spiro atoms. The summed E-state index contributed by atoms with van der Waals surface area (Å²) in [5.74, 6) is -2.15. The van der Waals surface area contributed by atoms with Gasteiger partial charge in [-0.15, -0.1) is 0 Å². The highest BCUT2D eigenvalue weighted by atomic mass is 19.2. The zero-order valence-electron chi connectivity index (χ0n) is 21.9. The fourth-order valence-electron chi connectivity index (χ4n) is 4.25. The van der Waals surface area contributed by atoms with E-state index in [1.165, 1.54) is 24.5 Å². The first-order valence-electron chi connectivity index (χ1n) is 12.7. The van der Waals surface area contributed by atoms with Gasteiger partial charge in [0.15, 0.2) is 23.0 Å². The Bertz CT molecular complexity index is 1650. The van der Waals surface area contributed by atoms with E-state index in [9.17, 15) is 9.18 Å². The number of anilines is 2. The molecule has 3 aromatic heterocycles. The molecule has 0 aliphatic rings. The van der Waals surface area contributed by atoms with Crippen molar-refractivity contribution in [2.24, 2.45) is 5.73 Å². The molecule has 0 bridgehead atoms. The average molecular weight is 547 g/mol. The number of benzene rings is 2. The number of carbonyl (C=O) groups excluding carboxylic acids is 1. The highest BCUT2D eigenvalue weighted by Gasteiger charge is 2.20. The standard InChI is InChI=1S/C28H28F2N8O2/c1-3-17-12-18(4-5-20(17)28(39)35-16(2)13-31)36-26-27-33-14-22(38(27)11-10-32-26)21-6-7-23(25(30)24(21)29)40-15-19-8-9-34-37-19/h4-12,14,16H,3,13,15,31H2,1-2H3,(H,32,36)(H,34,37)(H,35,39). The number of hydrogen-bond acceptors (Lipinski definition) is 7. The summed E-state index contributed by atoms with van der Waals surface area (Å²) < 4.78 is 37.1. The van der Waals surface area contributed by atoms with Crippen LogP contribution >= 0.6 is 0 Å². The van der Waals surface area contributed by atoms with Gasteiger partial charge in [-0.05, 0) is 55.3 Å². The number of aryl methyl sites for hydroxylation is 1. The molecule has 3 heterocycles. The highest BCUT2D eigenvalue weighted by Crippen LogP contribution is 2.32. The van der Waals surface area contributed by atoms with Crippen molar-refractivity contribution >= 4 is 23.1 Å². The lowest BCUT2D eigenvalue weighted by Crippen LogP contribution is -2.38. The molecular formula is C28H28F2N8O2. The molecule has 1 amide bonds. The topological polar surface area (TPSA) is 135 Å². The number of nitrogens with two attached hydrogens (primary N) is 1. The molecule has 0 aliphatic heterocycles. The van der Waals surface area contributed by atoms with Crippen molar-refractivity contribution in [3.63, 3.8) is 0 Å². The predicted molar refractivity (Wildman–Crippen MR) is 146 cm³/mol. The van der Waals surface area contributed by atoms with Crippen molar-refractivity contribution < 1.29 is 18.3 Å². The predicted octanol–water partition coefficient (Wildman–Crippen LogP) is 4.36. The van der Waals surface area contributed by atoms with Crippen LogP contribution in [0.4, 0.5) is 20.3 Å². The Hall–Kier alpha value is -4.84. The molecule has 1 atom stereocenters. The molecule has 0 saturated carbocycles. The number of fused-ring (bicyclic) bond motifs is 1. The number of amides is 1. The number of carbonyl (C=O) groups is 1. The first-order chi connectivity index (χ1) is 19.4. The zero-order chi connectivity index (χ0) is 28.2. The van der Waals surface area contributed by atoms with Gasteiger partial charge in [0.2, 0.25) is 5.82 Å². The summed E-state index contributed by atoms with van der Waals surface area (Å²) in [7, 11) is 0. The smallest absolute Gasteiger partial charge is 0.251 e. The molecule has 5 aromatic rings. The summed E-state index contributed by atoms with van der Waals surface area (Å²) >= 11 is 0. The van der Waals surface area contributed by atoms with Crippen LogP contribution in [0, 0.1) is 11.6 Å². The van der Waals surface area contributed by atoms with Gasteiger partial charge in [0.05, 0.1) is 17.6 Å². The number of ether oxygens (including phenoxy) is 1. The summed E-state index contributed by atoms with van der Waals surface area (Å²) in [4.78, 5) is 21.5. The molecule has 5 rings (SSSR count). The van der Waals surface area contributed by atoms with Crippen molar-refractivity contribution in [3.05, 3.63) is 89.6 Å². The van der Waals surface area contributed by atoms with Crippen molar-refractivity contribution in [2.45, 2.75) is 32.9 Å². The van der Waals surface area contributed by atoms with Gasteiger partial charge in [-0.2, -0.15) is 9.49 Å². The maximum Gasteiger partial charge on any atom is 0.251 e. The average Bonchev–Trinajstić information content (AvgIpc) is 3.64. The number of imidazole rings is 1. The Morgan fingerprint density at radius 3 is 2.75 bits per heavy atom. The van der Waals surface area contributed by atoms with Crippen LogP contribution in [0.1, 0.15) is 35.5 Å². The maximum absolute atomic E-state index is 15.2. The summed E-state index contributed by atoms with van der Waals surface area (Å²) in [5, 5.41) is 12.6. The van der Waals surface area contributed by atoms with E-state index < -0.39 is 11.6 Å². The van der Waals surface area contributed by atoms with Crippen LogP contribution in [0.2, 0.25) is 0 Å². The molecule has 2 aromatic carbocycles. The van der Waals surface area contributed by atoms with E-state index in [0.717, 1.165) is 5.56 Å². The second-order valence-electron chi connectivity index (χ2n) is 9.18. The Balaban J connectivity index is 1.41. The van der Waals surface area contributed by atoms with Crippen molar-refractivity contribution in [2.75, 3.05) is 11.9 Å². The number of nitrogens with zero attached hydrogens (tertiary/aromatic N) is 4. The van der Waals surface area contributed by atoms with E-state index in [1.54, 1.807) is 35.0 Å². The van der Waals surface area contributed by atoms with Gasteiger partial charge in [0, 0.05) is 48.0 Å². The SMILES string of the molecule is CCc1cc(Nc2nccn3c(-c4ccc(OCc5ccn[nH]5)c(F)c4F)cnc23)ccc1C(=O)NC(C)CN. The summed E-state index contributed by atoms with van der Waals surface area (Å²) in [6.45, 7) is 4.17. The number of hydrogen-bond donors (Lipinski definition) is 4. The van der Waals surface area contributed by atoms with Crippen LogP contribution < -0.4 is 21.1 Å². The van der Waals surface area contributed by atoms with Crippen molar-refractivity contribution in [1.82, 2.24) is 29.9 Å². The molecule has 0 radical (unpaired) electrons. The zero-order valence-corrected chi connectivity index (χ0v) is 21.9. The minimum atomic E-state index is -1.10.